The lowest BCUT2D eigenvalue weighted by Crippen LogP contribution is -2.52. The standard InChI is InChI=1S/C23H30N2O3/c1-24-12-10-23(11-13-24)17-25(15-18-6-4-5-7-22(18)28-23)16-19-14-20(26-2)8-9-21(19)27-3/h4-9,14H,10-13,15-17H2,1-3H3. The van der Waals surface area contributed by atoms with Gasteiger partial charge in [-0.1, -0.05) is 18.2 Å². The Balaban J connectivity index is 1.65. The summed E-state index contributed by atoms with van der Waals surface area (Å²) in [5, 5.41) is 0. The van der Waals surface area contributed by atoms with Crippen molar-refractivity contribution in [3.63, 3.8) is 0 Å². The second-order valence-corrected chi connectivity index (χ2v) is 8.02. The van der Waals surface area contributed by atoms with Crippen LogP contribution in [0.15, 0.2) is 42.5 Å². The highest BCUT2D eigenvalue weighted by molar-refractivity contribution is 5.41. The van der Waals surface area contributed by atoms with Gasteiger partial charge in [0.05, 0.1) is 14.2 Å². The van der Waals surface area contributed by atoms with E-state index in [-0.39, 0.29) is 5.60 Å². The van der Waals surface area contributed by atoms with Crippen molar-refractivity contribution >= 4 is 0 Å². The van der Waals surface area contributed by atoms with Crippen molar-refractivity contribution in [1.82, 2.24) is 9.80 Å². The molecule has 0 aromatic heterocycles. The molecule has 2 aliphatic heterocycles. The number of fused-ring (bicyclic) bond motifs is 1. The van der Waals surface area contributed by atoms with E-state index in [2.05, 4.69) is 47.2 Å². The number of likely N-dealkylation sites (tertiary alicyclic amines) is 1. The molecule has 2 heterocycles. The van der Waals surface area contributed by atoms with E-state index in [1.807, 2.05) is 12.1 Å². The summed E-state index contributed by atoms with van der Waals surface area (Å²) in [5.41, 5.74) is 2.26. The molecule has 1 fully saturated rings. The number of benzene rings is 2. The van der Waals surface area contributed by atoms with Gasteiger partial charge in [-0.3, -0.25) is 4.90 Å². The normalized spacial score (nSPS) is 19.5. The quantitative estimate of drug-likeness (QED) is 0.808. The zero-order chi connectivity index (χ0) is 19.6. The van der Waals surface area contributed by atoms with Crippen molar-refractivity contribution in [2.24, 2.45) is 0 Å². The van der Waals surface area contributed by atoms with Crippen LogP contribution in [0.1, 0.15) is 24.0 Å². The molecule has 0 N–H and O–H groups in total. The van der Waals surface area contributed by atoms with Crippen LogP contribution < -0.4 is 14.2 Å². The third-order valence-corrected chi connectivity index (χ3v) is 5.98. The maximum absolute atomic E-state index is 6.68. The average molecular weight is 383 g/mol. The first-order chi connectivity index (χ1) is 13.6. The van der Waals surface area contributed by atoms with Gasteiger partial charge in [0, 0.05) is 56.7 Å². The fraction of sp³-hybridized carbons (Fsp3) is 0.478. The molecule has 5 heteroatoms. The SMILES string of the molecule is COc1ccc(OC)c(CN2Cc3ccccc3OC3(CCN(C)CC3)C2)c1. The Kier molecular flexibility index (Phi) is 5.47. The third kappa shape index (κ3) is 3.96. The predicted molar refractivity (Wildman–Crippen MR) is 110 cm³/mol. The van der Waals surface area contributed by atoms with Gasteiger partial charge in [-0.25, -0.2) is 0 Å². The van der Waals surface area contributed by atoms with Crippen LogP contribution in [-0.2, 0) is 13.1 Å². The van der Waals surface area contributed by atoms with Crippen LogP contribution in [-0.4, -0.2) is 56.3 Å². The second-order valence-electron chi connectivity index (χ2n) is 8.02. The first kappa shape index (κ1) is 19.1. The van der Waals surface area contributed by atoms with Gasteiger partial charge in [0.2, 0.25) is 0 Å². The summed E-state index contributed by atoms with van der Waals surface area (Å²) in [6.07, 6.45) is 2.09. The maximum atomic E-state index is 6.68. The Morgan fingerprint density at radius 3 is 2.57 bits per heavy atom. The molecule has 1 spiro atoms. The van der Waals surface area contributed by atoms with Gasteiger partial charge in [-0.15, -0.1) is 0 Å². The smallest absolute Gasteiger partial charge is 0.124 e. The predicted octanol–water partition coefficient (Wildman–Crippen LogP) is 3.56. The lowest BCUT2D eigenvalue weighted by Gasteiger charge is -2.42. The van der Waals surface area contributed by atoms with Crippen molar-refractivity contribution in [2.75, 3.05) is 40.9 Å². The van der Waals surface area contributed by atoms with Gasteiger partial charge in [0.1, 0.15) is 22.8 Å². The molecule has 0 unspecified atom stereocenters. The van der Waals surface area contributed by atoms with Crippen LogP contribution >= 0.6 is 0 Å². The zero-order valence-electron chi connectivity index (χ0n) is 17.1. The van der Waals surface area contributed by atoms with E-state index in [9.17, 15) is 0 Å². The molecule has 2 aromatic rings. The molecule has 5 nitrogen and oxygen atoms in total. The van der Waals surface area contributed by atoms with Gasteiger partial charge in [0.25, 0.3) is 0 Å². The van der Waals surface area contributed by atoms with E-state index in [0.717, 1.165) is 68.4 Å². The summed E-state index contributed by atoms with van der Waals surface area (Å²) in [4.78, 5) is 4.88. The first-order valence-electron chi connectivity index (χ1n) is 9.99. The van der Waals surface area contributed by atoms with Crippen LogP contribution in [0.4, 0.5) is 0 Å². The zero-order valence-corrected chi connectivity index (χ0v) is 17.1. The lowest BCUT2D eigenvalue weighted by atomic mass is 9.90. The number of hydrogen-bond donors (Lipinski definition) is 0. The van der Waals surface area contributed by atoms with E-state index >= 15 is 0 Å². The molecule has 150 valence electrons. The largest absolute Gasteiger partial charge is 0.497 e. The van der Waals surface area contributed by atoms with Crippen molar-refractivity contribution in [3.8, 4) is 17.2 Å². The number of piperidine rings is 1. The topological polar surface area (TPSA) is 34.2 Å². The number of nitrogens with zero attached hydrogens (tertiary/aromatic N) is 2. The fourth-order valence-corrected chi connectivity index (χ4v) is 4.35. The molecule has 0 radical (unpaired) electrons. The molecule has 4 rings (SSSR count). The summed E-state index contributed by atoms with van der Waals surface area (Å²) < 4.78 is 17.7. The molecular formula is C23H30N2O3. The molecule has 28 heavy (non-hydrogen) atoms. The summed E-state index contributed by atoms with van der Waals surface area (Å²) in [7, 11) is 5.62. The highest BCUT2D eigenvalue weighted by Gasteiger charge is 2.40. The van der Waals surface area contributed by atoms with Gasteiger partial charge >= 0.3 is 0 Å². The van der Waals surface area contributed by atoms with E-state index in [4.69, 9.17) is 14.2 Å². The summed E-state index contributed by atoms with van der Waals surface area (Å²) >= 11 is 0. The van der Waals surface area contributed by atoms with E-state index in [1.54, 1.807) is 14.2 Å². The number of methoxy groups -OCH3 is 2. The molecule has 2 aromatic carbocycles. The number of ether oxygens (including phenoxy) is 3. The summed E-state index contributed by atoms with van der Waals surface area (Å²) in [5.74, 6) is 2.79. The highest BCUT2D eigenvalue weighted by Crippen LogP contribution is 2.36. The van der Waals surface area contributed by atoms with Crippen LogP contribution in [0.5, 0.6) is 17.2 Å². The number of rotatable bonds is 4. The molecular weight excluding hydrogens is 352 g/mol. The monoisotopic (exact) mass is 382 g/mol. The lowest BCUT2D eigenvalue weighted by molar-refractivity contribution is -0.0147. The Hall–Kier alpha value is -2.24. The van der Waals surface area contributed by atoms with Gasteiger partial charge in [-0.05, 0) is 31.3 Å². The highest BCUT2D eigenvalue weighted by atomic mass is 16.5. The Bertz CT molecular complexity index is 815. The second kappa shape index (κ2) is 8.02. The first-order valence-corrected chi connectivity index (χ1v) is 9.99. The van der Waals surface area contributed by atoms with E-state index in [0.29, 0.717) is 0 Å². The molecule has 0 saturated carbocycles. The van der Waals surface area contributed by atoms with Gasteiger partial charge in [0.15, 0.2) is 0 Å². The van der Waals surface area contributed by atoms with E-state index < -0.39 is 0 Å². The molecule has 1 saturated heterocycles. The molecule has 0 aliphatic carbocycles. The minimum absolute atomic E-state index is 0.134. The minimum Gasteiger partial charge on any atom is -0.497 e. The van der Waals surface area contributed by atoms with Crippen molar-refractivity contribution in [2.45, 2.75) is 31.5 Å². The Morgan fingerprint density at radius 1 is 1.04 bits per heavy atom. The molecule has 0 amide bonds. The molecule has 0 bridgehead atoms. The molecule has 0 atom stereocenters. The summed E-state index contributed by atoms with van der Waals surface area (Å²) in [6, 6.07) is 14.5. The fourth-order valence-electron chi connectivity index (χ4n) is 4.35. The van der Waals surface area contributed by atoms with Crippen molar-refractivity contribution in [3.05, 3.63) is 53.6 Å². The van der Waals surface area contributed by atoms with Crippen LogP contribution in [0.3, 0.4) is 0 Å². The Labute approximate surface area is 167 Å². The van der Waals surface area contributed by atoms with E-state index in [1.165, 1.54) is 5.56 Å². The van der Waals surface area contributed by atoms with Crippen molar-refractivity contribution in [1.29, 1.82) is 0 Å². The van der Waals surface area contributed by atoms with Crippen LogP contribution in [0.2, 0.25) is 0 Å². The van der Waals surface area contributed by atoms with Crippen molar-refractivity contribution < 1.29 is 14.2 Å². The van der Waals surface area contributed by atoms with Gasteiger partial charge < -0.3 is 19.1 Å². The minimum atomic E-state index is -0.134. The van der Waals surface area contributed by atoms with Gasteiger partial charge in [-0.2, -0.15) is 0 Å². The number of hydrogen-bond acceptors (Lipinski definition) is 5. The Morgan fingerprint density at radius 2 is 1.82 bits per heavy atom. The van der Waals surface area contributed by atoms with Crippen LogP contribution in [0, 0.1) is 0 Å². The molecule has 2 aliphatic rings. The number of para-hydroxylation sites is 1. The average Bonchev–Trinajstić information content (AvgIpc) is 2.86. The maximum Gasteiger partial charge on any atom is 0.124 e. The van der Waals surface area contributed by atoms with Crippen LogP contribution in [0.25, 0.3) is 0 Å². The third-order valence-electron chi connectivity index (χ3n) is 5.98. The summed E-state index contributed by atoms with van der Waals surface area (Å²) in [6.45, 7) is 4.72.